The van der Waals surface area contributed by atoms with Gasteiger partial charge in [-0.05, 0) is 50.0 Å². The van der Waals surface area contributed by atoms with Crippen molar-refractivity contribution in [1.29, 1.82) is 0 Å². The van der Waals surface area contributed by atoms with E-state index in [4.69, 9.17) is 15.2 Å². The third-order valence-electron chi connectivity index (χ3n) is 4.46. The summed E-state index contributed by atoms with van der Waals surface area (Å²) in [6.45, 7) is 4.50. The maximum absolute atomic E-state index is 12.1. The molecule has 8 nitrogen and oxygen atoms in total. The molecule has 1 atom stereocenters. The molecule has 0 bridgehead atoms. The van der Waals surface area contributed by atoms with Gasteiger partial charge in [-0.15, -0.1) is 0 Å². The predicted octanol–water partition coefficient (Wildman–Crippen LogP) is 2.43. The normalized spacial score (nSPS) is 17.3. The molecule has 0 radical (unpaired) electrons. The molecule has 2 aliphatic carbocycles. The minimum absolute atomic E-state index is 0.118. The summed E-state index contributed by atoms with van der Waals surface area (Å²) in [5.74, 6) is 0.753. The van der Waals surface area contributed by atoms with E-state index in [2.05, 4.69) is 15.6 Å². The van der Waals surface area contributed by atoms with Gasteiger partial charge in [0.15, 0.2) is 0 Å². The number of hydrogen-bond acceptors (Lipinski definition) is 6. The summed E-state index contributed by atoms with van der Waals surface area (Å²) in [5, 5.41) is 5.87. The van der Waals surface area contributed by atoms with Gasteiger partial charge in [0.25, 0.3) is 0 Å². The van der Waals surface area contributed by atoms with Crippen LogP contribution in [-0.4, -0.2) is 35.7 Å². The molecule has 0 spiro atoms. The summed E-state index contributed by atoms with van der Waals surface area (Å²) in [5.41, 5.74) is 6.15. The first-order chi connectivity index (χ1) is 12.9. The SMILES string of the molecule is CC(C)C[C@H](NC(=O)Oc1ccc(NC2CC2)c(OCC2CC2)n1)C(N)=O. The van der Waals surface area contributed by atoms with Crippen molar-refractivity contribution in [1.82, 2.24) is 10.3 Å². The Morgan fingerprint density at radius 3 is 2.59 bits per heavy atom. The lowest BCUT2D eigenvalue weighted by Gasteiger charge is -2.17. The van der Waals surface area contributed by atoms with Crippen molar-refractivity contribution in [3.8, 4) is 11.8 Å². The molecule has 2 amide bonds. The van der Waals surface area contributed by atoms with Gasteiger partial charge >= 0.3 is 6.09 Å². The van der Waals surface area contributed by atoms with Crippen LogP contribution in [0.4, 0.5) is 10.5 Å². The topological polar surface area (TPSA) is 116 Å². The molecule has 3 rings (SSSR count). The van der Waals surface area contributed by atoms with Gasteiger partial charge in [-0.3, -0.25) is 4.79 Å². The number of aromatic nitrogens is 1. The lowest BCUT2D eigenvalue weighted by Crippen LogP contribution is -2.46. The summed E-state index contributed by atoms with van der Waals surface area (Å²) in [4.78, 5) is 27.9. The zero-order valence-corrected chi connectivity index (χ0v) is 15.9. The maximum atomic E-state index is 12.1. The van der Waals surface area contributed by atoms with Crippen molar-refractivity contribution in [2.24, 2.45) is 17.6 Å². The number of carbonyl (C=O) groups is 2. The largest absolute Gasteiger partial charge is 0.476 e. The molecule has 0 aromatic carbocycles. The van der Waals surface area contributed by atoms with Crippen molar-refractivity contribution in [3.05, 3.63) is 12.1 Å². The second-order valence-corrected chi connectivity index (χ2v) is 7.79. The summed E-state index contributed by atoms with van der Waals surface area (Å²) in [6.07, 6.45) is 4.30. The number of rotatable bonds is 10. The number of anilines is 1. The molecule has 2 fully saturated rings. The van der Waals surface area contributed by atoms with Gasteiger partial charge < -0.3 is 25.8 Å². The maximum Gasteiger partial charge on any atom is 0.414 e. The van der Waals surface area contributed by atoms with Crippen LogP contribution in [0.15, 0.2) is 12.1 Å². The number of nitrogens with one attached hydrogen (secondary N) is 2. The van der Waals surface area contributed by atoms with Gasteiger partial charge in [-0.1, -0.05) is 13.8 Å². The first-order valence-corrected chi connectivity index (χ1v) is 9.58. The zero-order chi connectivity index (χ0) is 19.4. The highest BCUT2D eigenvalue weighted by molar-refractivity contribution is 5.84. The van der Waals surface area contributed by atoms with Crippen LogP contribution in [0.1, 0.15) is 46.0 Å². The minimum atomic E-state index is -0.779. The van der Waals surface area contributed by atoms with E-state index >= 15 is 0 Å². The van der Waals surface area contributed by atoms with Gasteiger partial charge in [0.2, 0.25) is 17.7 Å². The smallest absolute Gasteiger partial charge is 0.414 e. The molecule has 0 aliphatic heterocycles. The van der Waals surface area contributed by atoms with Crippen LogP contribution < -0.4 is 25.8 Å². The van der Waals surface area contributed by atoms with Crippen LogP contribution in [-0.2, 0) is 4.79 Å². The van der Waals surface area contributed by atoms with Crippen molar-refractivity contribution in [3.63, 3.8) is 0 Å². The lowest BCUT2D eigenvalue weighted by atomic mass is 10.0. The number of hydrogen-bond donors (Lipinski definition) is 3. The number of primary amides is 1. The van der Waals surface area contributed by atoms with E-state index in [1.165, 1.54) is 12.8 Å². The first kappa shape index (κ1) is 19.3. The molecule has 0 saturated heterocycles. The summed E-state index contributed by atoms with van der Waals surface area (Å²) in [6, 6.07) is 3.09. The number of nitrogens with zero attached hydrogens (tertiary/aromatic N) is 1. The van der Waals surface area contributed by atoms with E-state index in [-0.39, 0.29) is 11.8 Å². The van der Waals surface area contributed by atoms with Crippen LogP contribution in [0.3, 0.4) is 0 Å². The molecule has 0 unspecified atom stereocenters. The van der Waals surface area contributed by atoms with E-state index in [1.54, 1.807) is 12.1 Å². The highest BCUT2D eigenvalue weighted by Gasteiger charge is 2.26. The van der Waals surface area contributed by atoms with E-state index < -0.39 is 18.0 Å². The second kappa shape index (κ2) is 8.45. The van der Waals surface area contributed by atoms with Gasteiger partial charge in [0.1, 0.15) is 6.04 Å². The first-order valence-electron chi connectivity index (χ1n) is 9.58. The van der Waals surface area contributed by atoms with Gasteiger partial charge in [-0.25, -0.2) is 4.79 Å². The van der Waals surface area contributed by atoms with E-state index in [9.17, 15) is 9.59 Å². The number of ether oxygens (including phenoxy) is 2. The molecule has 27 heavy (non-hydrogen) atoms. The van der Waals surface area contributed by atoms with Crippen molar-refractivity contribution in [2.45, 2.75) is 58.0 Å². The molecule has 1 heterocycles. The number of nitrogens with two attached hydrogens (primary N) is 1. The molecule has 8 heteroatoms. The molecule has 2 saturated carbocycles. The van der Waals surface area contributed by atoms with Gasteiger partial charge in [0.05, 0.1) is 12.3 Å². The monoisotopic (exact) mass is 376 g/mol. The number of amides is 2. The van der Waals surface area contributed by atoms with E-state index in [0.29, 0.717) is 30.9 Å². The third-order valence-corrected chi connectivity index (χ3v) is 4.46. The quantitative estimate of drug-likeness (QED) is 0.578. The van der Waals surface area contributed by atoms with Crippen LogP contribution in [0.5, 0.6) is 11.8 Å². The summed E-state index contributed by atoms with van der Waals surface area (Å²) >= 11 is 0. The third kappa shape index (κ3) is 6.30. The summed E-state index contributed by atoms with van der Waals surface area (Å²) < 4.78 is 11.1. The fourth-order valence-corrected chi connectivity index (χ4v) is 2.61. The number of carbonyl (C=O) groups excluding carboxylic acids is 2. The lowest BCUT2D eigenvalue weighted by molar-refractivity contribution is -0.120. The molecule has 4 N–H and O–H groups in total. The zero-order valence-electron chi connectivity index (χ0n) is 15.9. The highest BCUT2D eigenvalue weighted by atomic mass is 16.6. The van der Waals surface area contributed by atoms with Crippen molar-refractivity contribution >= 4 is 17.7 Å². The van der Waals surface area contributed by atoms with Crippen LogP contribution in [0.2, 0.25) is 0 Å². The van der Waals surface area contributed by atoms with Crippen LogP contribution in [0.25, 0.3) is 0 Å². The Balaban J connectivity index is 1.62. The Hall–Kier alpha value is -2.51. The Kier molecular flexibility index (Phi) is 6.03. The van der Waals surface area contributed by atoms with E-state index in [0.717, 1.165) is 18.5 Å². The molecule has 1 aromatic rings. The standard InChI is InChI=1S/C19H28N4O4/c1-11(2)9-15(17(20)24)22-19(25)27-16-8-7-14(21-13-5-6-13)18(23-16)26-10-12-3-4-12/h7-8,11-13,15,21H,3-6,9-10H2,1-2H3,(H2,20,24)(H,22,25)/t15-/m0/s1. The molecule has 2 aliphatic rings. The van der Waals surface area contributed by atoms with Crippen molar-refractivity contribution < 1.29 is 19.1 Å². The molecule has 1 aromatic heterocycles. The van der Waals surface area contributed by atoms with Crippen molar-refractivity contribution in [2.75, 3.05) is 11.9 Å². The molecular weight excluding hydrogens is 348 g/mol. The molecular formula is C19H28N4O4. The van der Waals surface area contributed by atoms with E-state index in [1.807, 2.05) is 13.8 Å². The number of pyridine rings is 1. The minimum Gasteiger partial charge on any atom is -0.476 e. The Morgan fingerprint density at radius 1 is 1.26 bits per heavy atom. The van der Waals surface area contributed by atoms with Gasteiger partial charge in [0, 0.05) is 12.1 Å². The average Bonchev–Trinajstić information content (AvgIpc) is 3.49. The fourth-order valence-electron chi connectivity index (χ4n) is 2.61. The predicted molar refractivity (Wildman–Crippen MR) is 101 cm³/mol. The summed E-state index contributed by atoms with van der Waals surface area (Å²) in [7, 11) is 0. The van der Waals surface area contributed by atoms with Crippen LogP contribution >= 0.6 is 0 Å². The van der Waals surface area contributed by atoms with Gasteiger partial charge in [-0.2, -0.15) is 4.98 Å². The Morgan fingerprint density at radius 2 is 2.00 bits per heavy atom. The molecule has 148 valence electrons. The average molecular weight is 376 g/mol. The second-order valence-electron chi connectivity index (χ2n) is 7.79. The van der Waals surface area contributed by atoms with Crippen LogP contribution in [0, 0.1) is 11.8 Å². The fraction of sp³-hybridized carbons (Fsp3) is 0.632. The Bertz CT molecular complexity index is 686. The Labute approximate surface area is 159 Å². The highest BCUT2D eigenvalue weighted by Crippen LogP contribution is 2.34.